The molecule has 0 aromatic heterocycles. The first-order valence-electron chi connectivity index (χ1n) is 11.6. The van der Waals surface area contributed by atoms with E-state index in [9.17, 15) is 19.2 Å². The van der Waals surface area contributed by atoms with Crippen molar-refractivity contribution < 1.29 is 19.2 Å². The molecule has 2 aromatic carbocycles. The molecule has 0 saturated carbocycles. The lowest BCUT2D eigenvalue weighted by atomic mass is 10.0. The summed E-state index contributed by atoms with van der Waals surface area (Å²) in [5, 5.41) is 8.72. The van der Waals surface area contributed by atoms with E-state index in [0.29, 0.717) is 30.5 Å². The van der Waals surface area contributed by atoms with Gasteiger partial charge in [-0.05, 0) is 36.6 Å². The van der Waals surface area contributed by atoms with E-state index >= 15 is 0 Å². The molecule has 0 unspecified atom stereocenters. The van der Waals surface area contributed by atoms with Gasteiger partial charge in [-0.1, -0.05) is 56.3 Å². The monoisotopic (exact) mass is 464 g/mol. The van der Waals surface area contributed by atoms with E-state index in [2.05, 4.69) is 16.0 Å². The molecule has 8 heteroatoms. The highest BCUT2D eigenvalue weighted by atomic mass is 16.2. The second kappa shape index (κ2) is 11.6. The lowest BCUT2D eigenvalue weighted by Gasteiger charge is -2.25. The van der Waals surface area contributed by atoms with Gasteiger partial charge < -0.3 is 16.0 Å². The first-order valence-corrected chi connectivity index (χ1v) is 11.6. The van der Waals surface area contributed by atoms with E-state index in [0.717, 1.165) is 5.56 Å². The average molecular weight is 465 g/mol. The standard InChI is InChI=1S/C26H32N4O4/c1-17(2)22(24(32)29-21(23(31)27-3)16-18-10-5-4-6-11-18)28-14-9-15-30-25(33)19-12-7-8-13-20(19)26(30)34/h4-8,10-13,17,21-22,28H,9,14-16H2,1-3H3,(H,27,31)(H,29,32)/t21-,22-/m0/s1. The number of rotatable bonds is 11. The number of nitrogens with zero attached hydrogens (tertiary/aromatic N) is 1. The van der Waals surface area contributed by atoms with Gasteiger partial charge in [0.25, 0.3) is 11.8 Å². The second-order valence-electron chi connectivity index (χ2n) is 8.70. The fraction of sp³-hybridized carbons (Fsp3) is 0.385. The first kappa shape index (κ1) is 25.1. The van der Waals surface area contributed by atoms with Crippen LogP contribution in [0.1, 0.15) is 46.5 Å². The number of hydrogen-bond donors (Lipinski definition) is 3. The van der Waals surface area contributed by atoms with Crippen molar-refractivity contribution in [2.75, 3.05) is 20.1 Å². The first-order chi connectivity index (χ1) is 16.3. The van der Waals surface area contributed by atoms with Crippen LogP contribution in [0.5, 0.6) is 0 Å². The lowest BCUT2D eigenvalue weighted by Crippen LogP contribution is -2.54. The molecule has 0 fully saturated rings. The Labute approximate surface area is 200 Å². The molecule has 2 aromatic rings. The third-order valence-electron chi connectivity index (χ3n) is 5.91. The number of likely N-dealkylation sites (N-methyl/N-ethyl adjacent to an activating group) is 1. The molecule has 8 nitrogen and oxygen atoms in total. The van der Waals surface area contributed by atoms with Crippen LogP contribution in [0, 0.1) is 5.92 Å². The maximum Gasteiger partial charge on any atom is 0.261 e. The second-order valence-corrected chi connectivity index (χ2v) is 8.70. The summed E-state index contributed by atoms with van der Waals surface area (Å²) in [4.78, 5) is 51.7. The highest BCUT2D eigenvalue weighted by molar-refractivity contribution is 6.21. The quantitative estimate of drug-likeness (QED) is 0.347. The van der Waals surface area contributed by atoms with Crippen molar-refractivity contribution >= 4 is 23.6 Å². The van der Waals surface area contributed by atoms with Crippen molar-refractivity contribution in [3.8, 4) is 0 Å². The molecule has 0 spiro atoms. The Balaban J connectivity index is 1.55. The van der Waals surface area contributed by atoms with Crippen LogP contribution in [0.15, 0.2) is 54.6 Å². The summed E-state index contributed by atoms with van der Waals surface area (Å²) in [6.45, 7) is 4.55. The fourth-order valence-corrected chi connectivity index (χ4v) is 4.06. The third kappa shape index (κ3) is 5.88. The van der Waals surface area contributed by atoms with Gasteiger partial charge in [0.1, 0.15) is 6.04 Å². The van der Waals surface area contributed by atoms with E-state index < -0.39 is 12.1 Å². The van der Waals surface area contributed by atoms with Crippen LogP contribution in [-0.4, -0.2) is 60.7 Å². The molecular weight excluding hydrogens is 432 g/mol. The van der Waals surface area contributed by atoms with Gasteiger partial charge >= 0.3 is 0 Å². The molecule has 0 aliphatic carbocycles. The average Bonchev–Trinajstić information content (AvgIpc) is 3.08. The van der Waals surface area contributed by atoms with Gasteiger partial charge in [-0.25, -0.2) is 0 Å². The molecule has 2 atom stereocenters. The normalized spacial score (nSPS) is 14.6. The van der Waals surface area contributed by atoms with Crippen LogP contribution < -0.4 is 16.0 Å². The van der Waals surface area contributed by atoms with Crippen molar-refractivity contribution in [2.24, 2.45) is 5.92 Å². The van der Waals surface area contributed by atoms with Crippen molar-refractivity contribution in [3.05, 3.63) is 71.3 Å². The van der Waals surface area contributed by atoms with E-state index in [1.807, 2.05) is 44.2 Å². The Morgan fingerprint density at radius 2 is 1.47 bits per heavy atom. The van der Waals surface area contributed by atoms with Gasteiger partial charge in [-0.15, -0.1) is 0 Å². The number of imide groups is 1. The number of amides is 4. The van der Waals surface area contributed by atoms with E-state index in [-0.39, 0.29) is 36.1 Å². The van der Waals surface area contributed by atoms with E-state index in [4.69, 9.17) is 0 Å². The summed E-state index contributed by atoms with van der Waals surface area (Å²) >= 11 is 0. The van der Waals surface area contributed by atoms with Crippen LogP contribution >= 0.6 is 0 Å². The van der Waals surface area contributed by atoms with Gasteiger partial charge in [0.15, 0.2) is 0 Å². The van der Waals surface area contributed by atoms with Crippen molar-refractivity contribution in [3.63, 3.8) is 0 Å². The zero-order valence-electron chi connectivity index (χ0n) is 19.8. The van der Waals surface area contributed by atoms with Gasteiger partial charge in [0.2, 0.25) is 11.8 Å². The van der Waals surface area contributed by atoms with Crippen molar-refractivity contribution in [2.45, 2.75) is 38.8 Å². The summed E-state index contributed by atoms with van der Waals surface area (Å²) < 4.78 is 0. The van der Waals surface area contributed by atoms with Crippen LogP contribution in [0.4, 0.5) is 0 Å². The topological polar surface area (TPSA) is 108 Å². The Bertz CT molecular complexity index is 1000. The van der Waals surface area contributed by atoms with Gasteiger partial charge in [-0.3, -0.25) is 24.1 Å². The van der Waals surface area contributed by atoms with Crippen molar-refractivity contribution in [1.29, 1.82) is 0 Å². The number of carbonyl (C=O) groups excluding carboxylic acids is 4. The minimum atomic E-state index is -0.693. The Morgan fingerprint density at radius 3 is 2.03 bits per heavy atom. The molecule has 180 valence electrons. The molecule has 1 aliphatic rings. The molecule has 1 aliphatic heterocycles. The smallest absolute Gasteiger partial charge is 0.261 e. The number of carbonyl (C=O) groups is 4. The van der Waals surface area contributed by atoms with Gasteiger partial charge in [0, 0.05) is 20.0 Å². The van der Waals surface area contributed by atoms with Crippen LogP contribution in [0.3, 0.4) is 0 Å². The van der Waals surface area contributed by atoms with Crippen molar-refractivity contribution in [1.82, 2.24) is 20.9 Å². The summed E-state index contributed by atoms with van der Waals surface area (Å²) in [7, 11) is 1.55. The highest BCUT2D eigenvalue weighted by Gasteiger charge is 2.34. The minimum absolute atomic E-state index is 0.0265. The predicted octanol–water partition coefficient (Wildman–Crippen LogP) is 1.76. The summed E-state index contributed by atoms with van der Waals surface area (Å²) in [5.41, 5.74) is 1.81. The molecular formula is C26H32N4O4. The molecule has 1 heterocycles. The van der Waals surface area contributed by atoms with Crippen LogP contribution in [0.25, 0.3) is 0 Å². The summed E-state index contributed by atoms with van der Waals surface area (Å²) in [6, 6.07) is 15.1. The van der Waals surface area contributed by atoms with E-state index in [1.165, 1.54) is 4.90 Å². The molecule has 0 saturated heterocycles. The summed E-state index contributed by atoms with van der Waals surface area (Å²) in [6.07, 6.45) is 0.891. The Morgan fingerprint density at radius 1 is 0.882 bits per heavy atom. The zero-order valence-corrected chi connectivity index (χ0v) is 19.8. The van der Waals surface area contributed by atoms with Crippen LogP contribution in [-0.2, 0) is 16.0 Å². The van der Waals surface area contributed by atoms with Crippen LogP contribution in [0.2, 0.25) is 0 Å². The number of nitrogens with one attached hydrogen (secondary N) is 3. The maximum atomic E-state index is 13.0. The molecule has 3 N–H and O–H groups in total. The predicted molar refractivity (Wildman–Crippen MR) is 129 cm³/mol. The Hall–Kier alpha value is -3.52. The molecule has 4 amide bonds. The minimum Gasteiger partial charge on any atom is -0.357 e. The molecule has 34 heavy (non-hydrogen) atoms. The SMILES string of the molecule is CNC(=O)[C@H](Cc1ccccc1)NC(=O)[C@@H](NCCCN1C(=O)c2ccccc2C1=O)C(C)C. The Kier molecular flexibility index (Phi) is 8.54. The molecule has 0 radical (unpaired) electrons. The number of benzene rings is 2. The molecule has 3 rings (SSSR count). The fourth-order valence-electron chi connectivity index (χ4n) is 4.06. The largest absolute Gasteiger partial charge is 0.357 e. The van der Waals surface area contributed by atoms with Gasteiger partial charge in [-0.2, -0.15) is 0 Å². The number of hydrogen-bond acceptors (Lipinski definition) is 5. The third-order valence-corrected chi connectivity index (χ3v) is 5.91. The molecule has 0 bridgehead atoms. The van der Waals surface area contributed by atoms with E-state index in [1.54, 1.807) is 31.3 Å². The summed E-state index contributed by atoms with van der Waals surface area (Å²) in [5.74, 6) is -1.12. The maximum absolute atomic E-state index is 13.0. The highest BCUT2D eigenvalue weighted by Crippen LogP contribution is 2.22. The lowest BCUT2D eigenvalue weighted by molar-refractivity contribution is -0.130. The zero-order chi connectivity index (χ0) is 24.7. The number of fused-ring (bicyclic) bond motifs is 1. The van der Waals surface area contributed by atoms with Gasteiger partial charge in [0.05, 0.1) is 17.2 Å².